The summed E-state index contributed by atoms with van der Waals surface area (Å²) in [6.07, 6.45) is 8.15. The zero-order valence-corrected chi connectivity index (χ0v) is 33.7. The van der Waals surface area contributed by atoms with Gasteiger partial charge < -0.3 is 0 Å². The van der Waals surface area contributed by atoms with Crippen LogP contribution in [0.15, 0.2) is 197 Å². The summed E-state index contributed by atoms with van der Waals surface area (Å²) >= 11 is 0. The summed E-state index contributed by atoms with van der Waals surface area (Å²) in [7, 11) is 0. The molecule has 7 aromatic carbocycles. The van der Waals surface area contributed by atoms with Crippen molar-refractivity contribution in [2.24, 2.45) is 15.0 Å². The molecule has 1 aromatic heterocycles. The molecule has 0 radical (unpaired) electrons. The predicted molar refractivity (Wildman–Crippen MR) is 248 cm³/mol. The van der Waals surface area contributed by atoms with Crippen LogP contribution < -0.4 is 0 Å². The van der Waals surface area contributed by atoms with Crippen molar-refractivity contribution < 1.29 is 0 Å². The summed E-state index contributed by atoms with van der Waals surface area (Å²) in [5.74, 6) is 3.21. The van der Waals surface area contributed by atoms with Crippen molar-refractivity contribution in [2.45, 2.75) is 43.6 Å². The van der Waals surface area contributed by atoms with Crippen LogP contribution in [0.1, 0.15) is 66.0 Å². The molecule has 2 aliphatic carbocycles. The van der Waals surface area contributed by atoms with E-state index in [0.717, 1.165) is 44.5 Å². The smallest absolute Gasteiger partial charge is 0.164 e. The van der Waals surface area contributed by atoms with Crippen LogP contribution in [0.2, 0.25) is 0 Å². The summed E-state index contributed by atoms with van der Waals surface area (Å²) in [5, 5.41) is 0. The molecule has 1 saturated carbocycles. The van der Waals surface area contributed by atoms with E-state index in [0.29, 0.717) is 29.1 Å². The quantitative estimate of drug-likeness (QED) is 0.161. The van der Waals surface area contributed by atoms with Gasteiger partial charge in [0.1, 0.15) is 6.04 Å². The van der Waals surface area contributed by atoms with E-state index in [-0.39, 0.29) is 11.5 Å². The molecule has 0 bridgehead atoms. The van der Waals surface area contributed by atoms with Crippen LogP contribution in [0.4, 0.5) is 0 Å². The molecule has 6 nitrogen and oxygen atoms in total. The maximum atomic E-state index is 5.38. The Hall–Kier alpha value is -7.44. The van der Waals surface area contributed by atoms with Gasteiger partial charge in [-0.3, -0.25) is 4.99 Å². The number of aromatic nitrogens is 3. The maximum absolute atomic E-state index is 5.38. The molecule has 0 N–H and O–H groups in total. The summed E-state index contributed by atoms with van der Waals surface area (Å²) in [5.41, 5.74) is 13.7. The van der Waals surface area contributed by atoms with Crippen molar-refractivity contribution >= 4 is 17.9 Å². The average Bonchev–Trinajstić information content (AvgIpc) is 3.44. The van der Waals surface area contributed by atoms with E-state index in [4.69, 9.17) is 29.9 Å². The van der Waals surface area contributed by atoms with Gasteiger partial charge in [0, 0.05) is 39.4 Å². The highest BCUT2D eigenvalue weighted by atomic mass is 15.0. The fraction of sp³-hybridized carbons (Fsp3) is 0.127. The van der Waals surface area contributed by atoms with Crippen molar-refractivity contribution in [2.75, 3.05) is 0 Å². The third-order valence-electron chi connectivity index (χ3n) is 12.5. The molecular weight excluding hydrogens is 745 g/mol. The molecular formula is C55H42N6. The molecule has 1 atom stereocenters. The molecule has 61 heavy (non-hydrogen) atoms. The Morgan fingerprint density at radius 3 is 1.62 bits per heavy atom. The van der Waals surface area contributed by atoms with Crippen molar-refractivity contribution in [3.63, 3.8) is 0 Å². The first-order valence-electron chi connectivity index (χ1n) is 21.3. The Kier molecular flexibility index (Phi) is 9.38. The first-order valence-corrected chi connectivity index (χ1v) is 21.3. The molecule has 1 unspecified atom stereocenters. The second-order valence-electron chi connectivity index (χ2n) is 16.2. The zero-order valence-electron chi connectivity index (χ0n) is 33.7. The van der Waals surface area contributed by atoms with Crippen molar-refractivity contribution in [1.82, 2.24) is 15.0 Å². The van der Waals surface area contributed by atoms with Crippen LogP contribution >= 0.6 is 0 Å². The highest BCUT2D eigenvalue weighted by Gasteiger charge is 2.43. The van der Waals surface area contributed by atoms with Gasteiger partial charge in [-0.15, -0.1) is 0 Å². The molecule has 6 heteroatoms. The fourth-order valence-electron chi connectivity index (χ4n) is 9.43. The minimum atomic E-state index is -0.298. The maximum Gasteiger partial charge on any atom is 0.164 e. The van der Waals surface area contributed by atoms with Crippen molar-refractivity contribution in [3.8, 4) is 56.4 Å². The third-order valence-corrected chi connectivity index (χ3v) is 12.5. The molecule has 3 aliphatic rings. The van der Waals surface area contributed by atoms with Crippen LogP contribution in [0.25, 0.3) is 56.4 Å². The lowest BCUT2D eigenvalue weighted by molar-refractivity contribution is 0.352. The SMILES string of the molecule is C1=NC(c2ccccc2)=NC(c2ccc(-c3cccc(-c4nc(-c5ccccc5)nc(-c5ccccc5)n4)c3)cc2)=NC1c1ccc2c(c1)C1(CCCCC1)c1ccccc1-2. The average molecular weight is 787 g/mol. The van der Waals surface area contributed by atoms with E-state index >= 15 is 0 Å². The molecule has 8 aromatic rings. The second kappa shape index (κ2) is 15.6. The number of hydrogen-bond donors (Lipinski definition) is 0. The summed E-state index contributed by atoms with van der Waals surface area (Å²) in [4.78, 5) is 30.4. The van der Waals surface area contributed by atoms with Crippen LogP contribution in [-0.2, 0) is 5.41 Å². The van der Waals surface area contributed by atoms with E-state index in [1.54, 1.807) is 0 Å². The van der Waals surface area contributed by atoms with Gasteiger partial charge >= 0.3 is 0 Å². The van der Waals surface area contributed by atoms with E-state index in [1.807, 2.05) is 85.1 Å². The first kappa shape index (κ1) is 36.6. The molecule has 2 heterocycles. The van der Waals surface area contributed by atoms with Gasteiger partial charge in [0.15, 0.2) is 29.1 Å². The summed E-state index contributed by atoms with van der Waals surface area (Å²) < 4.78 is 0. The Bertz CT molecular complexity index is 2930. The number of fused-ring (bicyclic) bond motifs is 5. The van der Waals surface area contributed by atoms with Gasteiger partial charge in [0.2, 0.25) is 0 Å². The van der Waals surface area contributed by atoms with Gasteiger partial charge in [0.25, 0.3) is 0 Å². The van der Waals surface area contributed by atoms with Crippen LogP contribution in [0, 0.1) is 0 Å². The van der Waals surface area contributed by atoms with Gasteiger partial charge in [0.05, 0.1) is 0 Å². The molecule has 0 saturated heterocycles. The molecule has 1 aliphatic heterocycles. The minimum Gasteiger partial charge on any atom is -0.252 e. The third kappa shape index (κ3) is 6.90. The molecule has 0 amide bonds. The lowest BCUT2D eigenvalue weighted by atomic mass is 9.67. The van der Waals surface area contributed by atoms with Gasteiger partial charge in [-0.05, 0) is 57.9 Å². The van der Waals surface area contributed by atoms with Crippen molar-refractivity contribution in [3.05, 3.63) is 210 Å². The second-order valence-corrected chi connectivity index (χ2v) is 16.2. The Morgan fingerprint density at radius 2 is 0.934 bits per heavy atom. The Labute approximate surface area is 356 Å². The number of aliphatic imine (C=N–C) groups is 3. The van der Waals surface area contributed by atoms with Crippen molar-refractivity contribution in [1.29, 1.82) is 0 Å². The lowest BCUT2D eigenvalue weighted by Crippen LogP contribution is -2.28. The Balaban J connectivity index is 0.951. The normalized spacial score (nSPS) is 16.3. The van der Waals surface area contributed by atoms with Crippen LogP contribution in [0.5, 0.6) is 0 Å². The largest absolute Gasteiger partial charge is 0.252 e. The highest BCUT2D eigenvalue weighted by Crippen LogP contribution is 2.56. The molecule has 11 rings (SSSR count). The Morgan fingerprint density at radius 1 is 0.393 bits per heavy atom. The summed E-state index contributed by atoms with van der Waals surface area (Å²) in [6.45, 7) is 0. The van der Waals surface area contributed by atoms with E-state index < -0.39 is 0 Å². The van der Waals surface area contributed by atoms with Gasteiger partial charge in [-0.25, -0.2) is 24.9 Å². The molecule has 1 spiro atoms. The van der Waals surface area contributed by atoms with E-state index in [9.17, 15) is 0 Å². The van der Waals surface area contributed by atoms with E-state index in [2.05, 4.69) is 103 Å². The van der Waals surface area contributed by atoms with E-state index in [1.165, 1.54) is 54.4 Å². The topological polar surface area (TPSA) is 75.8 Å². The van der Waals surface area contributed by atoms with Crippen LogP contribution in [0.3, 0.4) is 0 Å². The molecule has 1 fully saturated rings. The summed E-state index contributed by atoms with van der Waals surface area (Å²) in [6, 6.07) is 63.0. The number of amidine groups is 2. The number of rotatable bonds is 7. The first-order chi connectivity index (χ1) is 30.2. The standard InChI is InChI=1S/C55H42N6/c1-5-16-38(17-6-1)50-56-36-49(43-30-31-46-45-24-11-12-25-47(45)55(48(46)35-43)32-13-4-14-33-55)57-51(58-50)41-28-26-37(27-29-41)42-22-15-23-44(34-42)54-60-52(39-18-7-2-8-19-39)59-53(61-54)40-20-9-3-10-21-40/h1-3,5-12,15-31,34-36,49H,4,13-14,32-33H2. The molecule has 292 valence electrons. The zero-order chi connectivity index (χ0) is 40.6. The predicted octanol–water partition coefficient (Wildman–Crippen LogP) is 12.8. The van der Waals surface area contributed by atoms with Gasteiger partial charge in [-0.2, -0.15) is 0 Å². The monoisotopic (exact) mass is 786 g/mol. The highest BCUT2D eigenvalue weighted by molar-refractivity contribution is 6.15. The minimum absolute atomic E-state index is 0.0608. The fourth-order valence-corrected chi connectivity index (χ4v) is 9.43. The van der Waals surface area contributed by atoms with Gasteiger partial charge in [-0.1, -0.05) is 195 Å². The number of nitrogens with zero attached hydrogens (tertiary/aromatic N) is 6. The van der Waals surface area contributed by atoms with Crippen LogP contribution in [-0.4, -0.2) is 32.8 Å². The number of benzene rings is 7. The number of hydrogen-bond acceptors (Lipinski definition) is 6. The lowest BCUT2D eigenvalue weighted by Gasteiger charge is -2.36.